The first kappa shape index (κ1) is 11.5. The second-order valence-corrected chi connectivity index (χ2v) is 4.41. The molecule has 0 heterocycles. The van der Waals surface area contributed by atoms with Crippen molar-refractivity contribution in [1.82, 2.24) is 0 Å². The Morgan fingerprint density at radius 2 is 2.29 bits per heavy atom. The SMILES string of the molecule is CC(Cc1c(Cl)cccc1Br)C(=O)O. The number of halogens is 2. The lowest BCUT2D eigenvalue weighted by Crippen LogP contribution is -2.12. The number of carbonyl (C=O) groups is 1. The van der Waals surface area contributed by atoms with Crippen LogP contribution in [0.3, 0.4) is 0 Å². The van der Waals surface area contributed by atoms with Crippen molar-refractivity contribution in [2.24, 2.45) is 5.92 Å². The second-order valence-electron chi connectivity index (χ2n) is 3.14. The minimum absolute atomic E-state index is 0.425. The zero-order valence-electron chi connectivity index (χ0n) is 7.63. The highest BCUT2D eigenvalue weighted by Crippen LogP contribution is 2.27. The normalized spacial score (nSPS) is 12.5. The number of benzene rings is 1. The maximum atomic E-state index is 10.7. The lowest BCUT2D eigenvalue weighted by molar-refractivity contribution is -0.141. The molecule has 1 N–H and O–H groups in total. The minimum atomic E-state index is -0.809. The van der Waals surface area contributed by atoms with Crippen molar-refractivity contribution >= 4 is 33.5 Å². The highest BCUT2D eigenvalue weighted by atomic mass is 79.9. The van der Waals surface area contributed by atoms with Gasteiger partial charge in [-0.05, 0) is 24.1 Å². The average Bonchev–Trinajstić information content (AvgIpc) is 2.11. The van der Waals surface area contributed by atoms with Gasteiger partial charge in [-0.25, -0.2) is 0 Å². The summed E-state index contributed by atoms with van der Waals surface area (Å²) in [5.41, 5.74) is 0.851. The molecule has 0 aliphatic rings. The largest absolute Gasteiger partial charge is 0.481 e. The maximum Gasteiger partial charge on any atom is 0.306 e. The molecule has 0 fully saturated rings. The Balaban J connectivity index is 2.91. The van der Waals surface area contributed by atoms with Gasteiger partial charge >= 0.3 is 5.97 Å². The molecule has 76 valence electrons. The van der Waals surface area contributed by atoms with Crippen molar-refractivity contribution in [3.05, 3.63) is 33.3 Å². The fourth-order valence-electron chi connectivity index (χ4n) is 1.12. The van der Waals surface area contributed by atoms with Gasteiger partial charge in [-0.1, -0.05) is 40.5 Å². The van der Waals surface area contributed by atoms with Crippen LogP contribution in [0.1, 0.15) is 12.5 Å². The number of carboxylic acids is 1. The summed E-state index contributed by atoms with van der Waals surface area (Å²) >= 11 is 9.30. The van der Waals surface area contributed by atoms with Crippen molar-refractivity contribution in [3.63, 3.8) is 0 Å². The van der Waals surface area contributed by atoms with E-state index >= 15 is 0 Å². The lowest BCUT2D eigenvalue weighted by Gasteiger charge is -2.09. The van der Waals surface area contributed by atoms with E-state index in [1.807, 2.05) is 12.1 Å². The van der Waals surface area contributed by atoms with Gasteiger partial charge in [0.15, 0.2) is 0 Å². The van der Waals surface area contributed by atoms with Crippen LogP contribution in [0.5, 0.6) is 0 Å². The van der Waals surface area contributed by atoms with Gasteiger partial charge in [-0.3, -0.25) is 4.79 Å². The minimum Gasteiger partial charge on any atom is -0.481 e. The topological polar surface area (TPSA) is 37.3 Å². The van der Waals surface area contributed by atoms with Crippen LogP contribution in [0.15, 0.2) is 22.7 Å². The number of rotatable bonds is 3. The summed E-state index contributed by atoms with van der Waals surface area (Å²) in [4.78, 5) is 10.7. The molecule has 0 saturated heterocycles. The zero-order valence-corrected chi connectivity index (χ0v) is 9.97. The quantitative estimate of drug-likeness (QED) is 0.920. The molecule has 1 rings (SSSR count). The third-order valence-electron chi connectivity index (χ3n) is 1.99. The van der Waals surface area contributed by atoms with Crippen LogP contribution >= 0.6 is 27.5 Å². The fraction of sp³-hybridized carbons (Fsp3) is 0.300. The molecule has 0 radical (unpaired) electrons. The smallest absolute Gasteiger partial charge is 0.306 e. The summed E-state index contributed by atoms with van der Waals surface area (Å²) in [5, 5.41) is 9.37. The van der Waals surface area contributed by atoms with Crippen molar-refractivity contribution in [1.29, 1.82) is 0 Å². The third kappa shape index (κ3) is 2.72. The number of aliphatic carboxylic acids is 1. The molecule has 0 saturated carbocycles. The van der Waals surface area contributed by atoms with Crippen LogP contribution in [-0.2, 0) is 11.2 Å². The van der Waals surface area contributed by atoms with Crippen molar-refractivity contribution in [2.75, 3.05) is 0 Å². The predicted molar refractivity (Wildman–Crippen MR) is 59.7 cm³/mol. The molecule has 2 nitrogen and oxygen atoms in total. The van der Waals surface area contributed by atoms with Gasteiger partial charge in [-0.15, -0.1) is 0 Å². The Kier molecular flexibility index (Phi) is 3.96. The van der Waals surface area contributed by atoms with Crippen LogP contribution < -0.4 is 0 Å². The van der Waals surface area contributed by atoms with Gasteiger partial charge in [0.1, 0.15) is 0 Å². The molecular formula is C10H10BrClO2. The van der Waals surface area contributed by atoms with Crippen LogP contribution in [-0.4, -0.2) is 11.1 Å². The first-order valence-corrected chi connectivity index (χ1v) is 5.35. The average molecular weight is 278 g/mol. The molecule has 1 aromatic rings. The van der Waals surface area contributed by atoms with Crippen molar-refractivity contribution in [2.45, 2.75) is 13.3 Å². The van der Waals surface area contributed by atoms with E-state index in [0.29, 0.717) is 11.4 Å². The Hall–Kier alpha value is -0.540. The highest BCUT2D eigenvalue weighted by molar-refractivity contribution is 9.10. The molecule has 0 aromatic heterocycles. The van der Waals surface area contributed by atoms with E-state index in [-0.39, 0.29) is 0 Å². The highest BCUT2D eigenvalue weighted by Gasteiger charge is 2.15. The molecule has 0 bridgehead atoms. The first-order valence-electron chi connectivity index (χ1n) is 4.18. The molecule has 1 unspecified atom stereocenters. The molecule has 0 aliphatic heterocycles. The van der Waals surface area contributed by atoms with E-state index in [4.69, 9.17) is 16.7 Å². The summed E-state index contributed by atoms with van der Waals surface area (Å²) in [6.07, 6.45) is 0.440. The summed E-state index contributed by atoms with van der Waals surface area (Å²) < 4.78 is 0.859. The number of carboxylic acid groups (broad SMARTS) is 1. The molecule has 4 heteroatoms. The number of hydrogen-bond donors (Lipinski definition) is 1. The Bertz CT molecular complexity index is 332. The summed E-state index contributed by atoms with van der Waals surface area (Å²) in [6.45, 7) is 1.66. The third-order valence-corrected chi connectivity index (χ3v) is 3.09. The second kappa shape index (κ2) is 4.80. The zero-order chi connectivity index (χ0) is 10.7. The lowest BCUT2D eigenvalue weighted by atomic mass is 10.0. The number of hydrogen-bond acceptors (Lipinski definition) is 1. The van der Waals surface area contributed by atoms with E-state index in [1.54, 1.807) is 13.0 Å². The molecule has 1 atom stereocenters. The summed E-state index contributed by atoms with van der Waals surface area (Å²) in [6, 6.07) is 5.44. The molecule has 14 heavy (non-hydrogen) atoms. The van der Waals surface area contributed by atoms with Crippen LogP contribution in [0.2, 0.25) is 5.02 Å². The van der Waals surface area contributed by atoms with Crippen molar-refractivity contribution < 1.29 is 9.90 Å². The Labute approximate surface area is 96.0 Å². The van der Waals surface area contributed by atoms with Gasteiger partial charge in [-0.2, -0.15) is 0 Å². The van der Waals surface area contributed by atoms with E-state index in [9.17, 15) is 4.79 Å². The molecular weight excluding hydrogens is 267 g/mol. The van der Waals surface area contributed by atoms with Crippen molar-refractivity contribution in [3.8, 4) is 0 Å². The van der Waals surface area contributed by atoms with Gasteiger partial charge < -0.3 is 5.11 Å². The molecule has 0 amide bonds. The van der Waals surface area contributed by atoms with Gasteiger partial charge in [0.25, 0.3) is 0 Å². The Morgan fingerprint density at radius 3 is 2.79 bits per heavy atom. The fourth-order valence-corrected chi connectivity index (χ4v) is 2.01. The van der Waals surface area contributed by atoms with E-state index in [2.05, 4.69) is 15.9 Å². The summed E-state index contributed by atoms with van der Waals surface area (Å²) in [5.74, 6) is -1.23. The maximum absolute atomic E-state index is 10.7. The Morgan fingerprint density at radius 1 is 1.64 bits per heavy atom. The standard InChI is InChI=1S/C10H10BrClO2/c1-6(10(13)14)5-7-8(11)3-2-4-9(7)12/h2-4,6H,5H2,1H3,(H,13,14). The van der Waals surface area contributed by atoms with E-state index in [1.165, 1.54) is 0 Å². The van der Waals surface area contributed by atoms with Gasteiger partial charge in [0.05, 0.1) is 5.92 Å². The van der Waals surface area contributed by atoms with Gasteiger partial charge in [0, 0.05) is 9.50 Å². The van der Waals surface area contributed by atoms with E-state index < -0.39 is 11.9 Å². The summed E-state index contributed by atoms with van der Waals surface area (Å²) in [7, 11) is 0. The van der Waals surface area contributed by atoms with Crippen LogP contribution in [0.25, 0.3) is 0 Å². The molecule has 0 aliphatic carbocycles. The monoisotopic (exact) mass is 276 g/mol. The predicted octanol–water partition coefficient (Wildman–Crippen LogP) is 3.37. The molecule has 0 spiro atoms. The van der Waals surface area contributed by atoms with Gasteiger partial charge in [0.2, 0.25) is 0 Å². The van der Waals surface area contributed by atoms with E-state index in [0.717, 1.165) is 10.0 Å². The van der Waals surface area contributed by atoms with Crippen LogP contribution in [0, 0.1) is 5.92 Å². The molecule has 1 aromatic carbocycles. The first-order chi connectivity index (χ1) is 6.52. The van der Waals surface area contributed by atoms with Crippen LogP contribution in [0.4, 0.5) is 0 Å².